The predicted molar refractivity (Wildman–Crippen MR) is 137 cm³/mol. The number of aromatic nitrogens is 1. The van der Waals surface area contributed by atoms with Crippen molar-refractivity contribution in [1.82, 2.24) is 4.98 Å². The van der Waals surface area contributed by atoms with Gasteiger partial charge in [0.2, 0.25) is 0 Å². The summed E-state index contributed by atoms with van der Waals surface area (Å²) < 4.78 is 41.2. The summed E-state index contributed by atoms with van der Waals surface area (Å²) in [6.07, 6.45) is -1.53. The quantitative estimate of drug-likeness (QED) is 0.261. The number of halogens is 5. The maximum atomic E-state index is 13.6. The van der Waals surface area contributed by atoms with E-state index in [9.17, 15) is 18.4 Å². The van der Waals surface area contributed by atoms with Gasteiger partial charge in [-0.25, -0.2) is 4.98 Å². The molecule has 0 saturated carbocycles. The van der Waals surface area contributed by atoms with E-state index in [1.165, 1.54) is 11.6 Å². The van der Waals surface area contributed by atoms with Crippen LogP contribution in [-0.4, -0.2) is 4.98 Å². The third-order valence-corrected chi connectivity index (χ3v) is 6.24. The second kappa shape index (κ2) is 11.2. The average molecular weight is 610 g/mol. The van der Waals surface area contributed by atoms with Gasteiger partial charge >= 0.3 is 6.18 Å². The number of pyridine rings is 1. The molecule has 0 amide bonds. The smallest absolute Gasteiger partial charge is 0.383 e. The fraction of sp³-hybridized carbons (Fsp3) is 0.250. The Hall–Kier alpha value is -2.97. The molecule has 6 nitrogen and oxygen atoms in total. The van der Waals surface area contributed by atoms with E-state index in [4.69, 9.17) is 5.73 Å². The molecule has 0 aliphatic carbocycles. The standard InChI is InChI=1S/C24H21Br2F3N6/c1-3-4-5-14-6-8-16(9-7-14)32-23-20(13(2)17(12-30)22(31)33-23)34-35-21-18(24(27,28)29)10-15(25)11-19(21)26/h6-11H,3-5H2,1-2H3,(H3,31,32,33). The maximum Gasteiger partial charge on any atom is 0.418 e. The first-order valence-corrected chi connectivity index (χ1v) is 12.2. The van der Waals surface area contributed by atoms with E-state index in [2.05, 4.69) is 59.3 Å². The Morgan fingerprint density at radius 2 is 1.77 bits per heavy atom. The van der Waals surface area contributed by atoms with Gasteiger partial charge in [0.15, 0.2) is 5.82 Å². The van der Waals surface area contributed by atoms with Crippen LogP contribution in [-0.2, 0) is 12.6 Å². The highest BCUT2D eigenvalue weighted by atomic mass is 79.9. The SMILES string of the molecule is CCCCc1ccc(Nc2nc(N)c(C#N)c(C)c2N=Nc2c(Br)cc(Br)cc2C(F)(F)F)cc1. The summed E-state index contributed by atoms with van der Waals surface area (Å²) in [5.41, 5.74) is 6.96. The molecule has 3 N–H and O–H groups in total. The van der Waals surface area contributed by atoms with Crippen LogP contribution in [0.15, 0.2) is 55.6 Å². The van der Waals surface area contributed by atoms with Gasteiger partial charge in [-0.2, -0.15) is 18.4 Å². The number of unbranched alkanes of at least 4 members (excludes halogenated alkanes) is 1. The monoisotopic (exact) mass is 608 g/mol. The summed E-state index contributed by atoms with van der Waals surface area (Å²) >= 11 is 6.20. The maximum absolute atomic E-state index is 13.6. The number of nitrogen functional groups attached to an aromatic ring is 1. The van der Waals surface area contributed by atoms with Crippen molar-refractivity contribution in [1.29, 1.82) is 5.26 Å². The van der Waals surface area contributed by atoms with Crippen molar-refractivity contribution >= 4 is 60.6 Å². The van der Waals surface area contributed by atoms with Crippen LogP contribution < -0.4 is 11.1 Å². The van der Waals surface area contributed by atoms with Gasteiger partial charge in [-0.1, -0.05) is 41.4 Å². The van der Waals surface area contributed by atoms with Crippen LogP contribution >= 0.6 is 31.9 Å². The van der Waals surface area contributed by atoms with E-state index in [-0.39, 0.29) is 31.8 Å². The Morgan fingerprint density at radius 3 is 2.37 bits per heavy atom. The summed E-state index contributed by atoms with van der Waals surface area (Å²) in [5, 5.41) is 20.6. The number of nitriles is 1. The topological polar surface area (TPSA) is 99.4 Å². The largest absolute Gasteiger partial charge is 0.418 e. The van der Waals surface area contributed by atoms with Crippen LogP contribution in [0.4, 0.5) is 41.9 Å². The molecule has 3 rings (SSSR count). The van der Waals surface area contributed by atoms with Gasteiger partial charge in [0, 0.05) is 20.2 Å². The molecule has 182 valence electrons. The third-order valence-electron chi connectivity index (χ3n) is 5.17. The van der Waals surface area contributed by atoms with Crippen molar-refractivity contribution in [2.45, 2.75) is 39.3 Å². The van der Waals surface area contributed by atoms with E-state index in [0.29, 0.717) is 11.3 Å². The number of nitrogens with zero attached hydrogens (tertiary/aromatic N) is 4. The van der Waals surface area contributed by atoms with Gasteiger partial charge in [0.25, 0.3) is 0 Å². The zero-order valence-corrected chi connectivity index (χ0v) is 22.0. The number of rotatable bonds is 7. The number of aryl methyl sites for hydroxylation is 1. The molecular weight excluding hydrogens is 589 g/mol. The van der Waals surface area contributed by atoms with Gasteiger partial charge in [-0.05, 0) is 65.5 Å². The van der Waals surface area contributed by atoms with E-state index >= 15 is 0 Å². The minimum absolute atomic E-state index is 0.0215. The number of azo groups is 1. The first kappa shape index (κ1) is 26.6. The summed E-state index contributed by atoms with van der Waals surface area (Å²) in [6, 6.07) is 12.0. The molecular formula is C24H21Br2F3N6. The van der Waals surface area contributed by atoms with Crippen molar-refractivity contribution in [3.05, 3.63) is 67.6 Å². The molecule has 0 aliphatic heterocycles. The van der Waals surface area contributed by atoms with E-state index in [0.717, 1.165) is 25.3 Å². The zero-order chi connectivity index (χ0) is 25.8. The minimum atomic E-state index is -4.66. The van der Waals surface area contributed by atoms with Crippen LogP contribution in [0.3, 0.4) is 0 Å². The summed E-state index contributed by atoms with van der Waals surface area (Å²) in [5.74, 6) is 0.151. The minimum Gasteiger partial charge on any atom is -0.383 e. The lowest BCUT2D eigenvalue weighted by Crippen LogP contribution is -2.05. The van der Waals surface area contributed by atoms with Crippen LogP contribution in [0.1, 0.15) is 42.0 Å². The Bertz CT molecular complexity index is 1300. The Morgan fingerprint density at radius 1 is 1.11 bits per heavy atom. The molecule has 35 heavy (non-hydrogen) atoms. The molecule has 11 heteroatoms. The number of alkyl halides is 3. The zero-order valence-electron chi connectivity index (χ0n) is 18.8. The molecule has 2 aromatic carbocycles. The molecule has 0 aliphatic rings. The van der Waals surface area contributed by atoms with Crippen molar-refractivity contribution in [3.8, 4) is 6.07 Å². The summed E-state index contributed by atoms with van der Waals surface area (Å²) in [4.78, 5) is 4.24. The highest BCUT2D eigenvalue weighted by Gasteiger charge is 2.35. The molecule has 0 radical (unpaired) electrons. The lowest BCUT2D eigenvalue weighted by atomic mass is 10.1. The second-order valence-corrected chi connectivity index (χ2v) is 9.48. The predicted octanol–water partition coefficient (Wildman–Crippen LogP) is 8.89. The molecule has 1 heterocycles. The number of nitrogens with two attached hydrogens (primary N) is 1. The highest BCUT2D eigenvalue weighted by Crippen LogP contribution is 2.44. The number of nitrogens with one attached hydrogen (secondary N) is 1. The molecule has 3 aromatic rings. The lowest BCUT2D eigenvalue weighted by Gasteiger charge is -2.14. The first-order chi connectivity index (χ1) is 16.5. The lowest BCUT2D eigenvalue weighted by molar-refractivity contribution is -0.137. The van der Waals surface area contributed by atoms with E-state index < -0.39 is 17.4 Å². The van der Waals surface area contributed by atoms with Crippen LogP contribution in [0.25, 0.3) is 0 Å². The molecule has 1 aromatic heterocycles. The van der Waals surface area contributed by atoms with Crippen molar-refractivity contribution < 1.29 is 13.2 Å². The normalized spacial score (nSPS) is 11.6. The van der Waals surface area contributed by atoms with Crippen LogP contribution in [0.2, 0.25) is 0 Å². The number of hydrogen-bond acceptors (Lipinski definition) is 6. The number of hydrogen-bond donors (Lipinski definition) is 2. The van der Waals surface area contributed by atoms with Gasteiger partial charge in [0.1, 0.15) is 23.3 Å². The average Bonchev–Trinajstić information content (AvgIpc) is 2.78. The Kier molecular flexibility index (Phi) is 8.51. The first-order valence-electron chi connectivity index (χ1n) is 10.6. The summed E-state index contributed by atoms with van der Waals surface area (Å²) in [7, 11) is 0. The highest BCUT2D eigenvalue weighted by molar-refractivity contribution is 9.11. The number of anilines is 3. The van der Waals surface area contributed by atoms with Gasteiger partial charge in [-0.3, -0.25) is 0 Å². The van der Waals surface area contributed by atoms with Crippen LogP contribution in [0.5, 0.6) is 0 Å². The molecule has 0 saturated heterocycles. The molecule has 0 unspecified atom stereocenters. The molecule has 0 fully saturated rings. The van der Waals surface area contributed by atoms with Crippen molar-refractivity contribution in [3.63, 3.8) is 0 Å². The third kappa shape index (κ3) is 6.38. The second-order valence-electron chi connectivity index (χ2n) is 7.71. The number of benzene rings is 2. The van der Waals surface area contributed by atoms with Gasteiger partial charge in [-0.15, -0.1) is 10.2 Å². The van der Waals surface area contributed by atoms with E-state index in [1.54, 1.807) is 6.92 Å². The van der Waals surface area contributed by atoms with E-state index in [1.807, 2.05) is 30.3 Å². The van der Waals surface area contributed by atoms with Gasteiger partial charge < -0.3 is 11.1 Å². The Balaban J connectivity index is 2.08. The summed E-state index contributed by atoms with van der Waals surface area (Å²) in [6.45, 7) is 3.71. The van der Waals surface area contributed by atoms with Crippen LogP contribution in [0, 0.1) is 18.3 Å². The van der Waals surface area contributed by atoms with Gasteiger partial charge in [0.05, 0.1) is 11.1 Å². The molecule has 0 spiro atoms. The Labute approximate surface area is 217 Å². The molecule has 0 atom stereocenters. The van der Waals surface area contributed by atoms with Crippen molar-refractivity contribution in [2.24, 2.45) is 10.2 Å². The molecule has 0 bridgehead atoms. The fourth-order valence-electron chi connectivity index (χ4n) is 3.32. The fourth-order valence-corrected chi connectivity index (χ4v) is 4.63. The van der Waals surface area contributed by atoms with Crippen molar-refractivity contribution in [2.75, 3.05) is 11.1 Å².